The fourth-order valence-electron chi connectivity index (χ4n) is 1.66. The molecule has 0 heterocycles. The average Bonchev–Trinajstić information content (AvgIpc) is 2.38. The number of carbonyl (C=O) groups is 1. The summed E-state index contributed by atoms with van der Waals surface area (Å²) < 4.78 is 26.5. The number of rotatable bonds is 13. The number of phosphoric acid groups is 1. The molecule has 6 heteroatoms. The van der Waals surface area contributed by atoms with Crippen LogP contribution in [0.4, 0.5) is 0 Å². The smallest absolute Gasteiger partial charge is 0.370 e. The summed E-state index contributed by atoms with van der Waals surface area (Å²) in [5.74, 6) is -0.527. The highest BCUT2D eigenvalue weighted by Gasteiger charge is 2.29. The van der Waals surface area contributed by atoms with E-state index in [0.717, 1.165) is 38.5 Å². The van der Waals surface area contributed by atoms with Gasteiger partial charge in [0.05, 0.1) is 13.2 Å². The third-order valence-electron chi connectivity index (χ3n) is 2.58. The predicted octanol–water partition coefficient (Wildman–Crippen LogP) is 4.63. The van der Waals surface area contributed by atoms with Crippen molar-refractivity contribution < 1.29 is 22.9 Å². The Morgan fingerprint density at radius 1 is 1.05 bits per heavy atom. The molecule has 0 saturated heterocycles. The summed E-state index contributed by atoms with van der Waals surface area (Å²) in [5, 5.41) is 0. The highest BCUT2D eigenvalue weighted by atomic mass is 31.2. The van der Waals surface area contributed by atoms with Gasteiger partial charge in [0.15, 0.2) is 0 Å². The minimum absolute atomic E-state index is 0.174. The quantitative estimate of drug-likeness (QED) is 0.282. The van der Waals surface area contributed by atoms with E-state index in [1.165, 1.54) is 0 Å². The Bertz CT molecular complexity index is 307. The lowest BCUT2D eigenvalue weighted by Gasteiger charge is -2.15. The van der Waals surface area contributed by atoms with Crippen molar-refractivity contribution in [1.82, 2.24) is 0 Å². The zero-order valence-electron chi connectivity index (χ0n) is 12.6. The molecule has 0 unspecified atom stereocenters. The minimum Gasteiger partial charge on any atom is -0.370 e. The molecule has 0 spiro atoms. The first kappa shape index (κ1) is 19.4. The Morgan fingerprint density at radius 3 is 2.15 bits per heavy atom. The molecule has 0 aliphatic rings. The van der Waals surface area contributed by atoms with Crippen LogP contribution in [0, 0.1) is 0 Å². The molecule has 0 aliphatic heterocycles. The summed E-state index contributed by atoms with van der Waals surface area (Å²) in [7, 11) is -3.71. The average molecular weight is 306 g/mol. The number of hydrogen-bond acceptors (Lipinski definition) is 5. The standard InChI is InChI=1S/C14H27O5P/c1-4-7-8-9-10-11-12-13-14(15)19-20(16,17-5-2)18-6-3/h4H,1,5-13H2,2-3H3. The van der Waals surface area contributed by atoms with Crippen molar-refractivity contribution >= 4 is 13.8 Å². The van der Waals surface area contributed by atoms with E-state index < -0.39 is 13.8 Å². The molecule has 0 fully saturated rings. The molecule has 0 aromatic rings. The zero-order valence-corrected chi connectivity index (χ0v) is 13.5. The minimum atomic E-state index is -3.71. The molecule has 0 amide bonds. The second kappa shape index (κ2) is 12.1. The van der Waals surface area contributed by atoms with E-state index in [9.17, 15) is 9.36 Å². The van der Waals surface area contributed by atoms with E-state index in [4.69, 9.17) is 13.6 Å². The molecule has 0 bridgehead atoms. The molecule has 5 nitrogen and oxygen atoms in total. The fraction of sp³-hybridized carbons (Fsp3) is 0.786. The Balaban J connectivity index is 3.80. The van der Waals surface area contributed by atoms with Gasteiger partial charge in [0.2, 0.25) is 0 Å². The molecule has 0 radical (unpaired) electrons. The van der Waals surface area contributed by atoms with Crippen LogP contribution < -0.4 is 0 Å². The molecule has 0 aromatic heterocycles. The van der Waals surface area contributed by atoms with Crippen LogP contribution in [0.15, 0.2) is 12.7 Å². The molecular weight excluding hydrogens is 279 g/mol. The highest BCUT2D eigenvalue weighted by Crippen LogP contribution is 2.49. The normalized spacial score (nSPS) is 11.3. The first-order valence-corrected chi connectivity index (χ1v) is 8.76. The summed E-state index contributed by atoms with van der Waals surface area (Å²) in [4.78, 5) is 11.6. The van der Waals surface area contributed by atoms with Crippen molar-refractivity contribution in [3.8, 4) is 0 Å². The summed E-state index contributed by atoms with van der Waals surface area (Å²) in [5.41, 5.74) is 0. The van der Waals surface area contributed by atoms with Crippen molar-refractivity contribution in [3.05, 3.63) is 12.7 Å². The van der Waals surface area contributed by atoms with Crippen LogP contribution in [-0.2, 0) is 22.9 Å². The van der Waals surface area contributed by atoms with Gasteiger partial charge in [-0.3, -0.25) is 13.8 Å². The first-order chi connectivity index (χ1) is 9.58. The van der Waals surface area contributed by atoms with E-state index in [0.29, 0.717) is 0 Å². The van der Waals surface area contributed by atoms with E-state index in [-0.39, 0.29) is 19.6 Å². The van der Waals surface area contributed by atoms with Gasteiger partial charge < -0.3 is 4.52 Å². The van der Waals surface area contributed by atoms with Gasteiger partial charge in [-0.2, -0.15) is 0 Å². The molecule has 0 rings (SSSR count). The van der Waals surface area contributed by atoms with Gasteiger partial charge >= 0.3 is 13.8 Å². The molecule has 0 N–H and O–H groups in total. The van der Waals surface area contributed by atoms with E-state index in [1.807, 2.05) is 6.08 Å². The monoisotopic (exact) mass is 306 g/mol. The SMILES string of the molecule is C=CCCCCCCCC(=O)OP(=O)(OCC)OCC. The number of hydrogen-bond donors (Lipinski definition) is 0. The van der Waals surface area contributed by atoms with Crippen molar-refractivity contribution in [2.45, 2.75) is 58.8 Å². The van der Waals surface area contributed by atoms with Crippen LogP contribution in [-0.4, -0.2) is 19.2 Å². The lowest BCUT2D eigenvalue weighted by atomic mass is 10.1. The second-order valence-corrected chi connectivity index (χ2v) is 5.93. The molecule has 0 aliphatic carbocycles. The fourth-order valence-corrected chi connectivity index (χ4v) is 2.82. The zero-order chi connectivity index (χ0) is 15.3. The summed E-state index contributed by atoms with van der Waals surface area (Å²) in [6.45, 7) is 7.36. The number of allylic oxidation sites excluding steroid dienone is 1. The highest BCUT2D eigenvalue weighted by molar-refractivity contribution is 7.49. The Kier molecular flexibility index (Phi) is 11.7. The molecular formula is C14H27O5P. The maximum Gasteiger partial charge on any atom is 0.532 e. The second-order valence-electron chi connectivity index (χ2n) is 4.34. The van der Waals surface area contributed by atoms with Gasteiger partial charge in [0.1, 0.15) is 0 Å². The molecule has 0 saturated carbocycles. The third-order valence-corrected chi connectivity index (χ3v) is 4.15. The topological polar surface area (TPSA) is 61.8 Å². The third kappa shape index (κ3) is 10.2. The molecule has 118 valence electrons. The van der Waals surface area contributed by atoms with E-state index in [1.54, 1.807) is 13.8 Å². The Labute approximate surface area is 122 Å². The van der Waals surface area contributed by atoms with Crippen LogP contribution in [0.1, 0.15) is 58.8 Å². The number of phosphoric ester groups is 1. The van der Waals surface area contributed by atoms with Gasteiger partial charge in [0.25, 0.3) is 0 Å². The van der Waals surface area contributed by atoms with Crippen LogP contribution in [0.25, 0.3) is 0 Å². The van der Waals surface area contributed by atoms with Gasteiger partial charge in [-0.1, -0.05) is 25.3 Å². The lowest BCUT2D eigenvalue weighted by Crippen LogP contribution is -2.07. The molecule has 0 atom stereocenters. The Morgan fingerprint density at radius 2 is 1.60 bits per heavy atom. The number of carbonyl (C=O) groups excluding carboxylic acids is 1. The maximum atomic E-state index is 11.9. The van der Waals surface area contributed by atoms with Crippen molar-refractivity contribution in [3.63, 3.8) is 0 Å². The molecule has 0 aromatic carbocycles. The van der Waals surface area contributed by atoms with Crippen LogP contribution in [0.3, 0.4) is 0 Å². The van der Waals surface area contributed by atoms with E-state index >= 15 is 0 Å². The first-order valence-electron chi connectivity index (χ1n) is 7.30. The van der Waals surface area contributed by atoms with Gasteiger partial charge in [-0.25, -0.2) is 4.57 Å². The Hall–Kier alpha value is -0.640. The van der Waals surface area contributed by atoms with Crippen molar-refractivity contribution in [1.29, 1.82) is 0 Å². The summed E-state index contributed by atoms with van der Waals surface area (Å²) in [6.07, 6.45) is 8.23. The van der Waals surface area contributed by atoms with Crippen LogP contribution in [0.2, 0.25) is 0 Å². The van der Waals surface area contributed by atoms with Crippen molar-refractivity contribution in [2.75, 3.05) is 13.2 Å². The van der Waals surface area contributed by atoms with Crippen LogP contribution >= 0.6 is 7.82 Å². The van der Waals surface area contributed by atoms with E-state index in [2.05, 4.69) is 6.58 Å². The van der Waals surface area contributed by atoms with Crippen molar-refractivity contribution in [2.24, 2.45) is 0 Å². The van der Waals surface area contributed by atoms with Gasteiger partial charge in [-0.05, 0) is 33.1 Å². The van der Waals surface area contributed by atoms with Gasteiger partial charge in [0, 0.05) is 6.42 Å². The number of unbranched alkanes of at least 4 members (excludes halogenated alkanes) is 5. The summed E-state index contributed by atoms with van der Waals surface area (Å²) in [6, 6.07) is 0. The maximum absolute atomic E-state index is 11.9. The van der Waals surface area contributed by atoms with Crippen LogP contribution in [0.5, 0.6) is 0 Å². The predicted molar refractivity (Wildman–Crippen MR) is 79.5 cm³/mol. The van der Waals surface area contributed by atoms with Gasteiger partial charge in [-0.15, -0.1) is 6.58 Å². The lowest BCUT2D eigenvalue weighted by molar-refractivity contribution is -0.136. The summed E-state index contributed by atoms with van der Waals surface area (Å²) >= 11 is 0. The largest absolute Gasteiger partial charge is 0.532 e. The molecule has 20 heavy (non-hydrogen) atoms.